The van der Waals surface area contributed by atoms with Crippen LogP contribution < -0.4 is 11.1 Å². The molecular weight excluding hydrogens is 294 g/mol. The molecule has 0 spiro atoms. The summed E-state index contributed by atoms with van der Waals surface area (Å²) >= 11 is 3.28. The zero-order valence-corrected chi connectivity index (χ0v) is 12.0. The van der Waals surface area contributed by atoms with Crippen LogP contribution in [0.15, 0.2) is 22.7 Å². The summed E-state index contributed by atoms with van der Waals surface area (Å²) in [6.45, 7) is 3.74. The van der Waals surface area contributed by atoms with Crippen molar-refractivity contribution in [2.75, 3.05) is 5.32 Å². The quantitative estimate of drug-likeness (QED) is 0.897. The Morgan fingerprint density at radius 2 is 2.11 bits per heavy atom. The molecule has 0 heterocycles. The predicted octanol–water partition coefficient (Wildman–Crippen LogP) is 2.78. The Morgan fingerprint density at radius 1 is 1.50 bits per heavy atom. The van der Waals surface area contributed by atoms with E-state index in [-0.39, 0.29) is 5.91 Å². The molecule has 1 rings (SSSR count). The fourth-order valence-electron chi connectivity index (χ4n) is 1.54. The normalized spacial score (nSPS) is 10.8. The molecule has 0 fully saturated rings. The topological polar surface area (TPSA) is 78.9 Å². The first-order valence-corrected chi connectivity index (χ1v) is 6.56. The number of carbonyl (C=O) groups is 1. The number of benzene rings is 1. The highest BCUT2D eigenvalue weighted by Gasteiger charge is 2.30. The Balaban J connectivity index is 2.99. The number of nitrogens with one attached hydrogen (secondary N) is 1. The summed E-state index contributed by atoms with van der Waals surface area (Å²) in [6, 6.07) is 7.16. The number of hydrogen-bond acceptors (Lipinski definition) is 3. The van der Waals surface area contributed by atoms with E-state index >= 15 is 0 Å². The van der Waals surface area contributed by atoms with Gasteiger partial charge in [-0.3, -0.25) is 4.79 Å². The van der Waals surface area contributed by atoms with Gasteiger partial charge in [-0.05, 0) is 31.0 Å². The highest BCUT2D eigenvalue weighted by atomic mass is 79.9. The average Bonchev–Trinajstić information content (AvgIpc) is 2.39. The van der Waals surface area contributed by atoms with Crippen molar-refractivity contribution in [3.8, 4) is 6.07 Å². The van der Waals surface area contributed by atoms with Crippen molar-refractivity contribution in [2.45, 2.75) is 32.2 Å². The van der Waals surface area contributed by atoms with Crippen molar-refractivity contribution >= 4 is 27.5 Å². The van der Waals surface area contributed by atoms with E-state index in [9.17, 15) is 4.79 Å². The maximum atomic E-state index is 12.1. The second-order valence-electron chi connectivity index (χ2n) is 4.12. The smallest absolute Gasteiger partial charge is 0.244 e. The molecule has 0 saturated heterocycles. The summed E-state index contributed by atoms with van der Waals surface area (Å²) in [5, 5.41) is 11.7. The van der Waals surface area contributed by atoms with Crippen LogP contribution in [0.1, 0.15) is 32.3 Å². The Morgan fingerprint density at radius 3 is 2.61 bits per heavy atom. The van der Waals surface area contributed by atoms with Gasteiger partial charge in [-0.1, -0.05) is 29.8 Å². The monoisotopic (exact) mass is 309 g/mol. The van der Waals surface area contributed by atoms with Gasteiger partial charge >= 0.3 is 0 Å². The van der Waals surface area contributed by atoms with E-state index < -0.39 is 5.54 Å². The van der Waals surface area contributed by atoms with Gasteiger partial charge in [-0.2, -0.15) is 5.26 Å². The maximum absolute atomic E-state index is 12.1. The maximum Gasteiger partial charge on any atom is 0.244 e. The molecule has 0 saturated carbocycles. The lowest BCUT2D eigenvalue weighted by atomic mass is 9.93. The van der Waals surface area contributed by atoms with Gasteiger partial charge in [-0.25, -0.2) is 0 Å². The third kappa shape index (κ3) is 3.09. The third-order valence-electron chi connectivity index (χ3n) is 3.06. The molecule has 1 aromatic carbocycles. The first-order valence-electron chi connectivity index (χ1n) is 5.76. The van der Waals surface area contributed by atoms with Crippen LogP contribution in [0.3, 0.4) is 0 Å². The summed E-state index contributed by atoms with van der Waals surface area (Å²) in [4.78, 5) is 12.1. The highest BCUT2D eigenvalue weighted by Crippen LogP contribution is 2.22. The molecule has 1 aromatic rings. The fraction of sp³-hybridized carbons (Fsp3) is 0.385. The van der Waals surface area contributed by atoms with Crippen LogP contribution in [0.4, 0.5) is 5.69 Å². The lowest BCUT2D eigenvalue weighted by molar-refractivity contribution is -0.121. The number of nitrogens with two attached hydrogens (primary N) is 1. The molecule has 18 heavy (non-hydrogen) atoms. The largest absolute Gasteiger partial charge is 0.323 e. The van der Waals surface area contributed by atoms with E-state index in [0.29, 0.717) is 24.1 Å². The Bertz CT molecular complexity index is 489. The van der Waals surface area contributed by atoms with Crippen LogP contribution in [0.5, 0.6) is 0 Å². The molecule has 5 heteroatoms. The van der Waals surface area contributed by atoms with Gasteiger partial charge in [0, 0.05) is 4.47 Å². The van der Waals surface area contributed by atoms with E-state index in [1.807, 2.05) is 19.9 Å². The highest BCUT2D eigenvalue weighted by molar-refractivity contribution is 9.10. The predicted molar refractivity (Wildman–Crippen MR) is 75.0 cm³/mol. The van der Waals surface area contributed by atoms with Gasteiger partial charge in [0.15, 0.2) is 0 Å². The minimum absolute atomic E-state index is 0.258. The fourth-order valence-corrected chi connectivity index (χ4v) is 1.90. The van der Waals surface area contributed by atoms with Crippen LogP contribution in [0, 0.1) is 11.3 Å². The van der Waals surface area contributed by atoms with Crippen LogP contribution >= 0.6 is 15.9 Å². The second-order valence-corrected chi connectivity index (χ2v) is 5.03. The van der Waals surface area contributed by atoms with Crippen molar-refractivity contribution < 1.29 is 4.79 Å². The van der Waals surface area contributed by atoms with Crippen molar-refractivity contribution in [3.63, 3.8) is 0 Å². The SMILES string of the molecule is CCC(N)(CC)C(=O)Nc1ccc(Br)cc1C#N. The van der Waals surface area contributed by atoms with Gasteiger partial charge < -0.3 is 11.1 Å². The summed E-state index contributed by atoms with van der Waals surface area (Å²) < 4.78 is 0.794. The molecule has 0 radical (unpaired) electrons. The summed E-state index contributed by atoms with van der Waals surface area (Å²) in [6.07, 6.45) is 1.10. The average molecular weight is 310 g/mol. The van der Waals surface area contributed by atoms with Crippen molar-refractivity contribution in [1.29, 1.82) is 5.26 Å². The summed E-state index contributed by atoms with van der Waals surface area (Å²) in [5.74, 6) is -0.258. The van der Waals surface area contributed by atoms with Crippen molar-refractivity contribution in [3.05, 3.63) is 28.2 Å². The van der Waals surface area contributed by atoms with Crippen molar-refractivity contribution in [1.82, 2.24) is 0 Å². The van der Waals surface area contributed by atoms with E-state index in [1.165, 1.54) is 0 Å². The number of hydrogen-bond donors (Lipinski definition) is 2. The van der Waals surface area contributed by atoms with Gasteiger partial charge in [0.1, 0.15) is 6.07 Å². The van der Waals surface area contributed by atoms with Gasteiger partial charge in [0.05, 0.1) is 16.8 Å². The first kappa shape index (κ1) is 14.7. The molecule has 0 unspecified atom stereocenters. The molecule has 0 aromatic heterocycles. The summed E-state index contributed by atoms with van der Waals surface area (Å²) in [7, 11) is 0. The molecule has 1 amide bonds. The van der Waals surface area contributed by atoms with Gasteiger partial charge in [0.2, 0.25) is 5.91 Å². The lowest BCUT2D eigenvalue weighted by Gasteiger charge is -2.25. The van der Waals surface area contributed by atoms with E-state index in [0.717, 1.165) is 4.47 Å². The van der Waals surface area contributed by atoms with Crippen LogP contribution in [0.2, 0.25) is 0 Å². The minimum Gasteiger partial charge on any atom is -0.323 e. The lowest BCUT2D eigenvalue weighted by Crippen LogP contribution is -2.50. The zero-order chi connectivity index (χ0) is 13.8. The first-order chi connectivity index (χ1) is 8.46. The number of rotatable bonds is 4. The number of carbonyl (C=O) groups excluding carboxylic acids is 1. The zero-order valence-electron chi connectivity index (χ0n) is 10.5. The Kier molecular flexibility index (Phi) is 4.88. The standard InChI is InChI=1S/C13H16BrN3O/c1-3-13(16,4-2)12(18)17-11-6-5-10(14)7-9(11)8-15/h5-7H,3-4,16H2,1-2H3,(H,17,18). The van der Waals surface area contributed by atoms with Crippen molar-refractivity contribution in [2.24, 2.45) is 5.73 Å². The number of halogens is 1. The second kappa shape index (κ2) is 5.98. The molecule has 3 N–H and O–H groups in total. The van der Waals surface area contributed by atoms with E-state index in [1.54, 1.807) is 18.2 Å². The summed E-state index contributed by atoms with van der Waals surface area (Å²) in [5.41, 5.74) is 6.01. The van der Waals surface area contributed by atoms with Crippen LogP contribution in [-0.4, -0.2) is 11.4 Å². The number of amides is 1. The Hall–Kier alpha value is -1.38. The molecule has 0 atom stereocenters. The van der Waals surface area contributed by atoms with E-state index in [4.69, 9.17) is 11.0 Å². The number of nitriles is 1. The number of anilines is 1. The van der Waals surface area contributed by atoms with E-state index in [2.05, 4.69) is 21.2 Å². The van der Waals surface area contributed by atoms with Gasteiger partial charge in [0.25, 0.3) is 0 Å². The minimum atomic E-state index is -0.889. The molecule has 0 bridgehead atoms. The number of nitrogens with zero attached hydrogens (tertiary/aromatic N) is 1. The molecule has 0 aliphatic heterocycles. The molecule has 4 nitrogen and oxygen atoms in total. The van der Waals surface area contributed by atoms with Crippen LogP contribution in [0.25, 0.3) is 0 Å². The third-order valence-corrected chi connectivity index (χ3v) is 3.56. The Labute approximate surface area is 115 Å². The van der Waals surface area contributed by atoms with Gasteiger partial charge in [-0.15, -0.1) is 0 Å². The molecule has 0 aliphatic rings. The molecule has 96 valence electrons. The van der Waals surface area contributed by atoms with Crippen LogP contribution in [-0.2, 0) is 4.79 Å². The molecular formula is C13H16BrN3O. The molecule has 0 aliphatic carbocycles.